The number of aromatic nitrogens is 1. The quantitative estimate of drug-likeness (QED) is 0.833. The lowest BCUT2D eigenvalue weighted by molar-refractivity contribution is 0.456. The molecule has 1 fully saturated rings. The van der Waals surface area contributed by atoms with Crippen LogP contribution in [0.4, 0.5) is 5.13 Å². The summed E-state index contributed by atoms with van der Waals surface area (Å²) in [7, 11) is 0. The average molecular weight is 258 g/mol. The highest BCUT2D eigenvalue weighted by Gasteiger charge is 2.24. The van der Waals surface area contributed by atoms with Crippen LogP contribution in [-0.2, 0) is 6.42 Å². The second-order valence-electron chi connectivity index (χ2n) is 4.85. The van der Waals surface area contributed by atoms with Crippen molar-refractivity contribution < 1.29 is 0 Å². The number of benzene rings is 1. The summed E-state index contributed by atoms with van der Waals surface area (Å²) in [5.74, 6) is 0. The van der Waals surface area contributed by atoms with E-state index in [1.165, 1.54) is 30.0 Å². The van der Waals surface area contributed by atoms with E-state index >= 15 is 0 Å². The molecule has 1 aromatic carbocycles. The minimum atomic E-state index is 0.618. The smallest absolute Gasteiger partial charge is 0.185 e. The third-order valence-electron chi connectivity index (χ3n) is 3.61. The van der Waals surface area contributed by atoms with Crippen LogP contribution < -0.4 is 4.90 Å². The van der Waals surface area contributed by atoms with Crippen LogP contribution in [-0.4, -0.2) is 17.6 Å². The van der Waals surface area contributed by atoms with Crippen LogP contribution in [0.2, 0.25) is 0 Å². The molecule has 2 heterocycles. The largest absolute Gasteiger partial charge is 0.345 e. The predicted octanol–water partition coefficient (Wildman–Crippen LogP) is 3.74. The van der Waals surface area contributed by atoms with E-state index in [1.54, 1.807) is 11.3 Å². The van der Waals surface area contributed by atoms with Crippen LogP contribution in [0.1, 0.15) is 24.8 Å². The Balaban J connectivity index is 1.76. The van der Waals surface area contributed by atoms with Crippen molar-refractivity contribution in [3.8, 4) is 0 Å². The molecule has 2 nitrogen and oxygen atoms in total. The van der Waals surface area contributed by atoms with Gasteiger partial charge in [-0.25, -0.2) is 4.98 Å². The van der Waals surface area contributed by atoms with Crippen molar-refractivity contribution in [1.82, 2.24) is 4.98 Å². The van der Waals surface area contributed by atoms with Crippen LogP contribution in [0.3, 0.4) is 0 Å². The zero-order chi connectivity index (χ0) is 12.2. The normalized spacial score (nSPS) is 20.0. The van der Waals surface area contributed by atoms with Gasteiger partial charge in [-0.05, 0) is 31.2 Å². The molecule has 94 valence electrons. The summed E-state index contributed by atoms with van der Waals surface area (Å²) >= 11 is 1.76. The molecule has 0 aliphatic carbocycles. The van der Waals surface area contributed by atoms with Crippen molar-refractivity contribution in [2.45, 2.75) is 31.7 Å². The molecule has 3 rings (SSSR count). The molecule has 1 atom stereocenters. The zero-order valence-electron chi connectivity index (χ0n) is 10.5. The maximum atomic E-state index is 4.48. The van der Waals surface area contributed by atoms with Crippen molar-refractivity contribution in [3.05, 3.63) is 47.5 Å². The molecular weight excluding hydrogens is 240 g/mol. The molecule has 1 unspecified atom stereocenters. The van der Waals surface area contributed by atoms with E-state index in [2.05, 4.69) is 45.6 Å². The van der Waals surface area contributed by atoms with E-state index in [9.17, 15) is 0 Å². The summed E-state index contributed by atoms with van der Waals surface area (Å²) < 4.78 is 0. The first-order valence-electron chi connectivity index (χ1n) is 6.63. The van der Waals surface area contributed by atoms with Gasteiger partial charge in [0.05, 0.1) is 0 Å². The Morgan fingerprint density at radius 1 is 1.22 bits per heavy atom. The molecule has 1 saturated heterocycles. The Kier molecular flexibility index (Phi) is 3.60. The molecule has 1 aliphatic heterocycles. The summed E-state index contributed by atoms with van der Waals surface area (Å²) in [6, 6.07) is 11.4. The molecule has 3 heteroatoms. The van der Waals surface area contributed by atoms with Gasteiger partial charge in [-0.3, -0.25) is 0 Å². The third kappa shape index (κ3) is 2.56. The first-order chi connectivity index (χ1) is 8.93. The van der Waals surface area contributed by atoms with Crippen molar-refractivity contribution in [1.29, 1.82) is 0 Å². The Morgan fingerprint density at radius 2 is 2.11 bits per heavy atom. The second kappa shape index (κ2) is 5.53. The molecule has 1 aliphatic rings. The highest BCUT2D eigenvalue weighted by Crippen LogP contribution is 2.28. The molecule has 0 saturated carbocycles. The lowest BCUT2D eigenvalue weighted by Gasteiger charge is -2.35. The van der Waals surface area contributed by atoms with Gasteiger partial charge >= 0.3 is 0 Å². The maximum Gasteiger partial charge on any atom is 0.185 e. The van der Waals surface area contributed by atoms with Gasteiger partial charge in [-0.15, -0.1) is 11.3 Å². The topological polar surface area (TPSA) is 16.1 Å². The molecule has 0 radical (unpaired) electrons. The maximum absolute atomic E-state index is 4.48. The number of thiazole rings is 1. The molecular formula is C15H18N2S. The molecule has 1 aromatic heterocycles. The van der Waals surface area contributed by atoms with Gasteiger partial charge in [0.15, 0.2) is 5.13 Å². The minimum absolute atomic E-state index is 0.618. The first-order valence-corrected chi connectivity index (χ1v) is 7.51. The van der Waals surface area contributed by atoms with E-state index in [0.29, 0.717) is 6.04 Å². The zero-order valence-corrected chi connectivity index (χ0v) is 11.3. The van der Waals surface area contributed by atoms with Crippen molar-refractivity contribution in [2.24, 2.45) is 0 Å². The fourth-order valence-electron chi connectivity index (χ4n) is 2.71. The van der Waals surface area contributed by atoms with Crippen LogP contribution in [0.15, 0.2) is 41.9 Å². The standard InChI is InChI=1S/C15H18N2S/c1-2-6-13(7-3-1)12-14-8-4-5-10-17(14)15-16-9-11-18-15/h1-3,6-7,9,11,14H,4-5,8,10,12H2. The Bertz CT molecular complexity index is 467. The van der Waals surface area contributed by atoms with Crippen LogP contribution in [0, 0.1) is 0 Å². The summed E-state index contributed by atoms with van der Waals surface area (Å²) in [4.78, 5) is 6.98. The van der Waals surface area contributed by atoms with Gasteiger partial charge in [0.25, 0.3) is 0 Å². The van der Waals surface area contributed by atoms with Crippen LogP contribution in [0.5, 0.6) is 0 Å². The van der Waals surface area contributed by atoms with Crippen LogP contribution >= 0.6 is 11.3 Å². The highest BCUT2D eigenvalue weighted by atomic mass is 32.1. The molecule has 0 N–H and O–H groups in total. The monoisotopic (exact) mass is 258 g/mol. The second-order valence-corrected chi connectivity index (χ2v) is 5.72. The van der Waals surface area contributed by atoms with Crippen LogP contribution in [0.25, 0.3) is 0 Å². The van der Waals surface area contributed by atoms with Gasteiger partial charge in [-0.1, -0.05) is 30.3 Å². The fraction of sp³-hybridized carbons (Fsp3) is 0.400. The average Bonchev–Trinajstić information content (AvgIpc) is 2.94. The fourth-order valence-corrected chi connectivity index (χ4v) is 3.45. The number of piperidine rings is 1. The number of hydrogen-bond donors (Lipinski definition) is 0. The summed E-state index contributed by atoms with van der Waals surface area (Å²) in [6.45, 7) is 1.16. The van der Waals surface area contributed by atoms with E-state index in [4.69, 9.17) is 0 Å². The molecule has 2 aromatic rings. The Morgan fingerprint density at radius 3 is 2.89 bits per heavy atom. The van der Waals surface area contributed by atoms with Gasteiger partial charge in [0.2, 0.25) is 0 Å². The van der Waals surface area contributed by atoms with E-state index < -0.39 is 0 Å². The van der Waals surface area contributed by atoms with E-state index in [1.807, 2.05) is 6.20 Å². The third-order valence-corrected chi connectivity index (χ3v) is 4.41. The molecule has 18 heavy (non-hydrogen) atoms. The Labute approximate surface area is 112 Å². The van der Waals surface area contributed by atoms with E-state index in [0.717, 1.165) is 13.0 Å². The van der Waals surface area contributed by atoms with Gasteiger partial charge < -0.3 is 4.90 Å². The van der Waals surface area contributed by atoms with Crippen molar-refractivity contribution >= 4 is 16.5 Å². The molecule has 0 bridgehead atoms. The number of nitrogens with zero attached hydrogens (tertiary/aromatic N) is 2. The minimum Gasteiger partial charge on any atom is -0.345 e. The first kappa shape index (κ1) is 11.7. The lowest BCUT2D eigenvalue weighted by Crippen LogP contribution is -2.40. The van der Waals surface area contributed by atoms with Gasteiger partial charge in [0, 0.05) is 24.2 Å². The summed E-state index contributed by atoms with van der Waals surface area (Å²) in [5, 5.41) is 3.26. The Hall–Kier alpha value is -1.35. The number of rotatable bonds is 3. The lowest BCUT2D eigenvalue weighted by atomic mass is 9.96. The molecule has 0 spiro atoms. The number of hydrogen-bond acceptors (Lipinski definition) is 3. The highest BCUT2D eigenvalue weighted by molar-refractivity contribution is 7.13. The summed E-state index contributed by atoms with van der Waals surface area (Å²) in [5.41, 5.74) is 1.44. The van der Waals surface area contributed by atoms with Gasteiger partial charge in [0.1, 0.15) is 0 Å². The molecule has 0 amide bonds. The SMILES string of the molecule is c1ccc(CC2CCCCN2c2nccs2)cc1. The van der Waals surface area contributed by atoms with Crippen molar-refractivity contribution in [3.63, 3.8) is 0 Å². The predicted molar refractivity (Wildman–Crippen MR) is 77.2 cm³/mol. The number of anilines is 1. The summed E-state index contributed by atoms with van der Waals surface area (Å²) in [6.07, 6.45) is 6.98. The van der Waals surface area contributed by atoms with Gasteiger partial charge in [-0.2, -0.15) is 0 Å². The van der Waals surface area contributed by atoms with Crippen molar-refractivity contribution in [2.75, 3.05) is 11.4 Å². The van der Waals surface area contributed by atoms with E-state index in [-0.39, 0.29) is 0 Å².